The molecule has 0 saturated heterocycles. The molecule has 0 aliphatic heterocycles. The summed E-state index contributed by atoms with van der Waals surface area (Å²) >= 11 is 0. The van der Waals surface area contributed by atoms with Gasteiger partial charge >= 0.3 is 39.5 Å². The summed E-state index contributed by atoms with van der Waals surface area (Å²) in [6, 6.07) is 0. The molecule has 3 N–H and O–H groups in total. The molecule has 632 valence electrons. The number of aliphatic hydroxyl groups is 1. The minimum atomic E-state index is -5.02. The first-order valence-corrected chi connectivity index (χ1v) is 45.3. The van der Waals surface area contributed by atoms with Crippen LogP contribution in [-0.2, 0) is 65.4 Å². The zero-order valence-corrected chi connectivity index (χ0v) is 71.0. The summed E-state index contributed by atoms with van der Waals surface area (Å²) in [4.78, 5) is 73.3. The minimum Gasteiger partial charge on any atom is -0.462 e. The van der Waals surface area contributed by atoms with E-state index in [1.165, 1.54) is 19.3 Å². The molecular weight excluding hydrogens is 1450 g/mol. The van der Waals surface area contributed by atoms with Gasteiger partial charge in [-0.1, -0.05) is 292 Å². The van der Waals surface area contributed by atoms with Crippen molar-refractivity contribution in [1.29, 1.82) is 0 Å². The molecule has 5 atom stereocenters. The van der Waals surface area contributed by atoms with E-state index in [1.807, 2.05) is 12.2 Å². The standard InChI is InChI=1S/C93H148O17P2/c1-5-9-13-17-21-25-29-33-37-41-43-47-49-53-57-61-65-69-73-77-90(95)103-83-88(109-92(97)79-75-71-67-63-59-55-51-45-39-35-31-27-23-19-15-11-7-3)85-107-111(99,100)105-81-87(94)82-106-112(101,102)108-86-89(110-93(98)80-76-72-68-64-60-56-52-46-40-36-32-28-24-20-16-12-8-4)84-104-91(96)78-74-70-66-62-58-54-50-48-44-42-38-34-30-26-22-18-14-10-6-2/h9,11-13,15-16,21-28,33-40,43-44,47-48,51-53,55-57,63,67,87-89,94H,5-8,10,14,17-20,29-32,41-42,45-46,49-50,54,58-62,64-66,68-86H2,1-4H3,(H,99,100)(H,101,102)/b13-9-,15-11-,16-12-,25-21-,26-22-,27-23-,28-24-,37-33-,38-34-,39-35-,40-36-,47-43-,48-44-,55-51-,56-52-,57-53-,67-63-. The number of phosphoric ester groups is 2. The predicted octanol–water partition coefficient (Wildman–Crippen LogP) is 25.4. The zero-order valence-electron chi connectivity index (χ0n) is 69.3. The third-order valence-electron chi connectivity index (χ3n) is 16.7. The van der Waals surface area contributed by atoms with Gasteiger partial charge in [0.15, 0.2) is 12.2 Å². The largest absolute Gasteiger partial charge is 0.472 e. The number of allylic oxidation sites excluding steroid dienone is 34. The van der Waals surface area contributed by atoms with Crippen molar-refractivity contribution in [3.63, 3.8) is 0 Å². The fraction of sp³-hybridized carbons (Fsp3) is 0.591. The Morgan fingerprint density at radius 3 is 0.759 bits per heavy atom. The van der Waals surface area contributed by atoms with Gasteiger partial charge in [-0.2, -0.15) is 0 Å². The third kappa shape index (κ3) is 81.6. The van der Waals surface area contributed by atoms with Gasteiger partial charge in [-0.05, 0) is 186 Å². The lowest BCUT2D eigenvalue weighted by Gasteiger charge is -2.21. The second-order valence-electron chi connectivity index (χ2n) is 27.3. The summed E-state index contributed by atoms with van der Waals surface area (Å²) in [5.41, 5.74) is 0. The second-order valence-corrected chi connectivity index (χ2v) is 30.2. The van der Waals surface area contributed by atoms with Crippen LogP contribution in [0.25, 0.3) is 0 Å². The highest BCUT2D eigenvalue weighted by atomic mass is 31.2. The Hall–Kier alpha value is -6.36. The number of hydrogen-bond acceptors (Lipinski definition) is 15. The zero-order chi connectivity index (χ0) is 81.7. The molecule has 0 aliphatic carbocycles. The van der Waals surface area contributed by atoms with E-state index in [1.54, 1.807) is 0 Å². The maximum absolute atomic E-state index is 13.1. The normalized spacial score (nSPS) is 14.8. The Bertz CT molecular complexity index is 2940. The van der Waals surface area contributed by atoms with E-state index in [4.69, 9.17) is 37.0 Å². The molecule has 0 rings (SSSR count). The van der Waals surface area contributed by atoms with E-state index in [-0.39, 0.29) is 25.7 Å². The van der Waals surface area contributed by atoms with Gasteiger partial charge in [0.2, 0.25) is 0 Å². The van der Waals surface area contributed by atoms with Crippen molar-refractivity contribution in [2.75, 3.05) is 39.6 Å². The summed E-state index contributed by atoms with van der Waals surface area (Å²) < 4.78 is 68.7. The topological polar surface area (TPSA) is 237 Å². The summed E-state index contributed by atoms with van der Waals surface area (Å²) in [6.45, 7) is 4.35. The van der Waals surface area contributed by atoms with Gasteiger partial charge in [0.1, 0.15) is 19.3 Å². The fourth-order valence-electron chi connectivity index (χ4n) is 10.4. The quantitative estimate of drug-likeness (QED) is 0.0169. The molecule has 0 fully saturated rings. The fourth-order valence-corrected chi connectivity index (χ4v) is 12.0. The summed E-state index contributed by atoms with van der Waals surface area (Å²) in [5, 5.41) is 10.7. The van der Waals surface area contributed by atoms with Crippen molar-refractivity contribution in [3.8, 4) is 0 Å². The van der Waals surface area contributed by atoms with Crippen molar-refractivity contribution in [1.82, 2.24) is 0 Å². The molecule has 19 heteroatoms. The van der Waals surface area contributed by atoms with Crippen LogP contribution in [0.2, 0.25) is 0 Å². The molecule has 5 unspecified atom stereocenters. The molecule has 17 nitrogen and oxygen atoms in total. The van der Waals surface area contributed by atoms with Crippen molar-refractivity contribution in [2.24, 2.45) is 0 Å². The van der Waals surface area contributed by atoms with Crippen LogP contribution in [0.3, 0.4) is 0 Å². The molecule has 0 aliphatic rings. The van der Waals surface area contributed by atoms with Crippen LogP contribution in [0.1, 0.15) is 297 Å². The molecular formula is C93H148O17P2. The summed E-state index contributed by atoms with van der Waals surface area (Å²) in [6.07, 6.45) is 104. The molecule has 0 heterocycles. The van der Waals surface area contributed by atoms with Gasteiger partial charge in [-0.15, -0.1) is 0 Å². The van der Waals surface area contributed by atoms with Gasteiger partial charge in [0.05, 0.1) is 26.4 Å². The van der Waals surface area contributed by atoms with E-state index in [2.05, 4.69) is 222 Å². The van der Waals surface area contributed by atoms with Crippen molar-refractivity contribution in [2.45, 2.75) is 316 Å². The Labute approximate surface area is 678 Å². The van der Waals surface area contributed by atoms with Crippen molar-refractivity contribution < 1.29 is 80.2 Å². The van der Waals surface area contributed by atoms with Crippen molar-refractivity contribution >= 4 is 39.5 Å². The maximum atomic E-state index is 13.1. The highest BCUT2D eigenvalue weighted by Crippen LogP contribution is 2.45. The first-order chi connectivity index (χ1) is 54.7. The number of rotatable bonds is 77. The molecule has 112 heavy (non-hydrogen) atoms. The van der Waals surface area contributed by atoms with E-state index >= 15 is 0 Å². The van der Waals surface area contributed by atoms with Crippen LogP contribution < -0.4 is 0 Å². The lowest BCUT2D eigenvalue weighted by atomic mass is 10.1. The number of phosphoric acid groups is 2. The van der Waals surface area contributed by atoms with Gasteiger partial charge in [0, 0.05) is 25.7 Å². The molecule has 0 amide bonds. The number of ether oxygens (including phenoxy) is 4. The van der Waals surface area contributed by atoms with E-state index in [0.29, 0.717) is 32.1 Å². The molecule has 0 spiro atoms. The van der Waals surface area contributed by atoms with Crippen LogP contribution in [0, 0.1) is 0 Å². The number of hydrogen-bond donors (Lipinski definition) is 3. The van der Waals surface area contributed by atoms with Gasteiger partial charge in [-0.3, -0.25) is 37.3 Å². The number of carbonyl (C=O) groups excluding carboxylic acids is 4. The Balaban J connectivity index is 5.53. The Morgan fingerprint density at radius 1 is 0.259 bits per heavy atom. The number of esters is 4. The third-order valence-corrected chi connectivity index (χ3v) is 18.6. The predicted molar refractivity (Wildman–Crippen MR) is 463 cm³/mol. The highest BCUT2D eigenvalue weighted by Gasteiger charge is 2.30. The lowest BCUT2D eigenvalue weighted by molar-refractivity contribution is -0.161. The molecule has 0 bridgehead atoms. The van der Waals surface area contributed by atoms with E-state index < -0.39 is 97.5 Å². The lowest BCUT2D eigenvalue weighted by Crippen LogP contribution is -2.30. The Morgan fingerprint density at radius 2 is 0.473 bits per heavy atom. The molecule has 0 saturated carbocycles. The van der Waals surface area contributed by atoms with Crippen LogP contribution in [-0.4, -0.2) is 96.7 Å². The average Bonchev–Trinajstić information content (AvgIpc) is 0.895. The van der Waals surface area contributed by atoms with Gasteiger partial charge in [-0.25, -0.2) is 9.13 Å². The molecule has 0 aromatic rings. The average molecular weight is 1600 g/mol. The molecule has 0 radical (unpaired) electrons. The summed E-state index contributed by atoms with van der Waals surface area (Å²) in [7, 11) is -10.0. The van der Waals surface area contributed by atoms with Crippen LogP contribution in [0.4, 0.5) is 0 Å². The van der Waals surface area contributed by atoms with Gasteiger partial charge < -0.3 is 33.8 Å². The SMILES string of the molecule is CC/C=C\C/C=C\C/C=C\C/C=C\C/C=C\CCCCCC(=O)OCC(COP(=O)(O)OCC(O)COP(=O)(O)OCC(COC(=O)CCCCCCCC/C=C\C/C=C\C/C=C\CCCCC)OC(=O)CCCCCC/C=C\C/C=C\C/C=C\C/C=C\CC)OC(=O)CCC/C=C\C/C=C\C/C=C\C/C=C\C/C=C\CC. The molecule has 0 aromatic carbocycles. The van der Waals surface area contributed by atoms with Gasteiger partial charge in [0.25, 0.3) is 0 Å². The van der Waals surface area contributed by atoms with Crippen LogP contribution in [0.5, 0.6) is 0 Å². The van der Waals surface area contributed by atoms with E-state index in [0.717, 1.165) is 193 Å². The van der Waals surface area contributed by atoms with Crippen molar-refractivity contribution in [3.05, 3.63) is 207 Å². The highest BCUT2D eigenvalue weighted by molar-refractivity contribution is 7.47. The summed E-state index contributed by atoms with van der Waals surface area (Å²) in [5.74, 6) is -2.34. The van der Waals surface area contributed by atoms with Crippen LogP contribution >= 0.6 is 15.6 Å². The smallest absolute Gasteiger partial charge is 0.462 e. The Kier molecular flexibility index (Phi) is 77.9. The maximum Gasteiger partial charge on any atom is 0.472 e. The minimum absolute atomic E-state index is 0.000633. The first kappa shape index (κ1) is 106. The van der Waals surface area contributed by atoms with E-state index in [9.17, 15) is 43.2 Å². The monoisotopic (exact) mass is 1600 g/mol. The second kappa shape index (κ2) is 82.6. The molecule has 0 aromatic heterocycles. The number of unbranched alkanes of at least 4 members (excludes halogenated alkanes) is 17. The number of carbonyl (C=O) groups is 4. The first-order valence-electron chi connectivity index (χ1n) is 42.3. The number of aliphatic hydroxyl groups excluding tert-OH is 1. The van der Waals surface area contributed by atoms with Crippen LogP contribution in [0.15, 0.2) is 207 Å².